The number of rotatable bonds is 3. The van der Waals surface area contributed by atoms with Gasteiger partial charge in [-0.05, 0) is 59.8 Å². The van der Waals surface area contributed by atoms with Gasteiger partial charge in [0.05, 0.1) is 5.69 Å². The fourth-order valence-corrected chi connectivity index (χ4v) is 3.24. The Hall–Kier alpha value is -1.56. The maximum Gasteiger partial charge on any atom is 0.319 e. The lowest BCUT2D eigenvalue weighted by molar-refractivity contribution is -0.122. The summed E-state index contributed by atoms with van der Waals surface area (Å²) in [4.78, 5) is 23.3. The minimum absolute atomic E-state index is 0.000439. The lowest BCUT2D eigenvalue weighted by Gasteiger charge is -2.28. The molecule has 1 aliphatic rings. The van der Waals surface area contributed by atoms with Gasteiger partial charge in [-0.15, -0.1) is 0 Å². The van der Waals surface area contributed by atoms with Gasteiger partial charge < -0.3 is 16.4 Å². The molecular weight excluding hydrogens is 334 g/mol. The first-order valence-electron chi connectivity index (χ1n) is 7.08. The average Bonchev–Trinajstić information content (AvgIpc) is 2.42. The molecule has 0 saturated heterocycles. The zero-order valence-electron chi connectivity index (χ0n) is 12.0. The Kier molecular flexibility index (Phi) is 5.22. The minimum atomic E-state index is -0.275. The van der Waals surface area contributed by atoms with E-state index in [1.165, 1.54) is 0 Å². The zero-order chi connectivity index (χ0) is 15.4. The molecule has 0 aromatic heterocycles. The molecule has 6 heteroatoms. The summed E-state index contributed by atoms with van der Waals surface area (Å²) in [7, 11) is 0. The Labute approximate surface area is 132 Å². The van der Waals surface area contributed by atoms with Crippen LogP contribution in [0.2, 0.25) is 0 Å². The van der Waals surface area contributed by atoms with Gasteiger partial charge in [0.1, 0.15) is 0 Å². The molecule has 0 heterocycles. The monoisotopic (exact) mass is 353 g/mol. The predicted octanol–water partition coefficient (Wildman–Crippen LogP) is 2.92. The Morgan fingerprint density at radius 1 is 1.33 bits per heavy atom. The smallest absolute Gasteiger partial charge is 0.319 e. The number of halogens is 1. The van der Waals surface area contributed by atoms with Crippen LogP contribution in [-0.2, 0) is 4.79 Å². The number of amides is 3. The van der Waals surface area contributed by atoms with Crippen LogP contribution in [0.1, 0.15) is 31.2 Å². The maximum atomic E-state index is 12.0. The largest absolute Gasteiger partial charge is 0.369 e. The van der Waals surface area contributed by atoms with E-state index < -0.39 is 0 Å². The number of benzene rings is 1. The van der Waals surface area contributed by atoms with Crippen LogP contribution in [0.4, 0.5) is 10.5 Å². The van der Waals surface area contributed by atoms with Crippen molar-refractivity contribution in [1.29, 1.82) is 0 Å². The van der Waals surface area contributed by atoms with Gasteiger partial charge in [-0.3, -0.25) is 4.79 Å². The number of hydrogen-bond donors (Lipinski definition) is 3. The Morgan fingerprint density at radius 3 is 2.76 bits per heavy atom. The maximum absolute atomic E-state index is 12.0. The van der Waals surface area contributed by atoms with E-state index in [0.29, 0.717) is 6.42 Å². The van der Waals surface area contributed by atoms with E-state index in [4.69, 9.17) is 5.73 Å². The van der Waals surface area contributed by atoms with Crippen LogP contribution in [0, 0.1) is 12.8 Å². The van der Waals surface area contributed by atoms with Crippen LogP contribution in [0.3, 0.4) is 0 Å². The van der Waals surface area contributed by atoms with E-state index >= 15 is 0 Å². The number of urea groups is 1. The first-order valence-corrected chi connectivity index (χ1v) is 7.88. The molecule has 0 bridgehead atoms. The van der Waals surface area contributed by atoms with Crippen LogP contribution in [0.5, 0.6) is 0 Å². The molecule has 1 aromatic rings. The van der Waals surface area contributed by atoms with Gasteiger partial charge in [-0.25, -0.2) is 4.79 Å². The molecule has 4 N–H and O–H groups in total. The molecule has 1 aliphatic carbocycles. The summed E-state index contributed by atoms with van der Waals surface area (Å²) < 4.78 is 0.844. The highest BCUT2D eigenvalue weighted by Crippen LogP contribution is 2.25. The number of hydrogen-bond acceptors (Lipinski definition) is 2. The van der Waals surface area contributed by atoms with E-state index in [2.05, 4.69) is 26.6 Å². The summed E-state index contributed by atoms with van der Waals surface area (Å²) >= 11 is 3.43. The normalized spacial score (nSPS) is 21.6. The van der Waals surface area contributed by atoms with Gasteiger partial charge in [0.2, 0.25) is 5.91 Å². The van der Waals surface area contributed by atoms with Gasteiger partial charge in [0, 0.05) is 16.4 Å². The van der Waals surface area contributed by atoms with Gasteiger partial charge >= 0.3 is 6.03 Å². The van der Waals surface area contributed by atoms with Gasteiger partial charge in [0.15, 0.2) is 0 Å². The highest BCUT2D eigenvalue weighted by molar-refractivity contribution is 9.10. The molecule has 1 fully saturated rings. The van der Waals surface area contributed by atoms with Gasteiger partial charge in [0.25, 0.3) is 0 Å². The minimum Gasteiger partial charge on any atom is -0.369 e. The topological polar surface area (TPSA) is 84.2 Å². The first kappa shape index (κ1) is 15.8. The van der Waals surface area contributed by atoms with E-state index in [1.807, 2.05) is 25.1 Å². The molecule has 21 heavy (non-hydrogen) atoms. The van der Waals surface area contributed by atoms with Gasteiger partial charge in [-0.2, -0.15) is 0 Å². The third kappa shape index (κ3) is 4.46. The molecule has 0 aliphatic heterocycles. The fourth-order valence-electron chi connectivity index (χ4n) is 2.64. The number of carbonyl (C=O) groups excluding carboxylic acids is 2. The average molecular weight is 354 g/mol. The van der Waals surface area contributed by atoms with Crippen molar-refractivity contribution in [2.75, 3.05) is 5.32 Å². The van der Waals surface area contributed by atoms with Crippen molar-refractivity contribution in [3.8, 4) is 0 Å². The molecule has 5 nitrogen and oxygen atoms in total. The molecule has 0 spiro atoms. The van der Waals surface area contributed by atoms with Crippen molar-refractivity contribution in [2.24, 2.45) is 11.7 Å². The molecule has 1 saturated carbocycles. The lowest BCUT2D eigenvalue weighted by Crippen LogP contribution is -2.43. The summed E-state index contributed by atoms with van der Waals surface area (Å²) in [5.41, 5.74) is 7.18. The summed E-state index contributed by atoms with van der Waals surface area (Å²) in [6, 6.07) is 5.48. The van der Waals surface area contributed by atoms with E-state index in [0.717, 1.165) is 35.0 Å². The molecule has 114 valence electrons. The summed E-state index contributed by atoms with van der Waals surface area (Å²) in [5, 5.41) is 5.73. The van der Waals surface area contributed by atoms with Crippen molar-refractivity contribution < 1.29 is 9.59 Å². The van der Waals surface area contributed by atoms with Crippen molar-refractivity contribution in [3.05, 3.63) is 28.2 Å². The Bertz CT molecular complexity index is 548. The van der Waals surface area contributed by atoms with Crippen molar-refractivity contribution in [3.63, 3.8) is 0 Å². The summed E-state index contributed by atoms with van der Waals surface area (Å²) in [5.74, 6) is -0.404. The van der Waals surface area contributed by atoms with Crippen LogP contribution >= 0.6 is 15.9 Å². The SMILES string of the molecule is Cc1ccc(NC(=O)N[C@@H]2CCC[C@H](C(N)=O)C2)c(Br)c1. The number of anilines is 1. The molecular formula is C15H20BrN3O2. The molecule has 2 rings (SSSR count). The Morgan fingerprint density at radius 2 is 2.10 bits per heavy atom. The summed E-state index contributed by atoms with van der Waals surface area (Å²) in [6.07, 6.45) is 3.23. The molecule has 1 aromatic carbocycles. The second-order valence-corrected chi connectivity index (χ2v) is 6.40. The van der Waals surface area contributed by atoms with Crippen LogP contribution in [-0.4, -0.2) is 18.0 Å². The molecule has 2 atom stereocenters. The van der Waals surface area contributed by atoms with E-state index in [-0.39, 0.29) is 23.9 Å². The molecule has 0 radical (unpaired) electrons. The third-order valence-corrected chi connectivity index (χ3v) is 4.44. The molecule has 0 unspecified atom stereocenters. The highest BCUT2D eigenvalue weighted by Gasteiger charge is 2.26. The predicted molar refractivity (Wildman–Crippen MR) is 86.0 cm³/mol. The number of nitrogens with two attached hydrogens (primary N) is 1. The quantitative estimate of drug-likeness (QED) is 0.780. The van der Waals surface area contributed by atoms with Crippen LogP contribution < -0.4 is 16.4 Å². The first-order chi connectivity index (χ1) is 9.95. The number of nitrogens with one attached hydrogen (secondary N) is 2. The number of carbonyl (C=O) groups is 2. The number of primary amides is 1. The van der Waals surface area contributed by atoms with Crippen molar-refractivity contribution >= 4 is 33.6 Å². The second-order valence-electron chi connectivity index (χ2n) is 5.54. The van der Waals surface area contributed by atoms with Crippen LogP contribution in [0.15, 0.2) is 22.7 Å². The lowest BCUT2D eigenvalue weighted by atomic mass is 9.85. The second kappa shape index (κ2) is 6.93. The van der Waals surface area contributed by atoms with E-state index in [9.17, 15) is 9.59 Å². The Balaban J connectivity index is 1.91. The standard InChI is InChI=1S/C15H20BrN3O2/c1-9-5-6-13(12(16)7-9)19-15(21)18-11-4-2-3-10(8-11)14(17)20/h5-7,10-11H,2-4,8H2,1H3,(H2,17,20)(H2,18,19,21)/t10-,11+/m0/s1. The highest BCUT2D eigenvalue weighted by atomic mass is 79.9. The fraction of sp³-hybridized carbons (Fsp3) is 0.467. The molecule has 3 amide bonds. The zero-order valence-corrected chi connectivity index (χ0v) is 13.6. The van der Waals surface area contributed by atoms with Crippen LogP contribution in [0.25, 0.3) is 0 Å². The van der Waals surface area contributed by atoms with Crippen molar-refractivity contribution in [2.45, 2.75) is 38.6 Å². The summed E-state index contributed by atoms with van der Waals surface area (Å²) in [6.45, 7) is 1.99. The number of aryl methyl sites for hydroxylation is 1. The third-order valence-electron chi connectivity index (χ3n) is 3.78. The van der Waals surface area contributed by atoms with Crippen molar-refractivity contribution in [1.82, 2.24) is 5.32 Å². The van der Waals surface area contributed by atoms with Gasteiger partial charge in [-0.1, -0.05) is 12.5 Å². The van der Waals surface area contributed by atoms with E-state index in [1.54, 1.807) is 0 Å².